The Morgan fingerprint density at radius 3 is 2.35 bits per heavy atom. The van der Waals surface area contributed by atoms with E-state index in [-0.39, 0.29) is 12.5 Å². The molecule has 31 heavy (non-hydrogen) atoms. The maximum atomic E-state index is 12.6. The molecule has 0 saturated carbocycles. The van der Waals surface area contributed by atoms with Crippen LogP contribution in [-0.4, -0.2) is 39.6 Å². The molecule has 0 atom stereocenters. The molecule has 2 aromatic carbocycles. The van der Waals surface area contributed by atoms with E-state index in [9.17, 15) is 18.0 Å². The van der Waals surface area contributed by atoms with Gasteiger partial charge in [-0.2, -0.15) is 0 Å². The molecule has 2 amide bonds. The van der Waals surface area contributed by atoms with Gasteiger partial charge in [-0.3, -0.25) is 13.9 Å². The summed E-state index contributed by atoms with van der Waals surface area (Å²) in [5, 5.41) is 2.77. The molecule has 2 aromatic rings. The first-order valence-corrected chi connectivity index (χ1v) is 12.2. The van der Waals surface area contributed by atoms with Crippen LogP contribution in [0.15, 0.2) is 42.5 Å². The Kier molecular flexibility index (Phi) is 6.69. The van der Waals surface area contributed by atoms with Crippen LogP contribution >= 0.6 is 0 Å². The average molecular weight is 444 g/mol. The van der Waals surface area contributed by atoms with E-state index in [1.807, 2.05) is 25.1 Å². The number of nitrogens with one attached hydrogen (secondary N) is 1. The van der Waals surface area contributed by atoms with E-state index in [0.717, 1.165) is 33.8 Å². The van der Waals surface area contributed by atoms with Gasteiger partial charge in [-0.1, -0.05) is 26.0 Å². The van der Waals surface area contributed by atoms with Gasteiger partial charge in [-0.05, 0) is 60.7 Å². The van der Waals surface area contributed by atoms with Crippen molar-refractivity contribution in [1.82, 2.24) is 0 Å². The summed E-state index contributed by atoms with van der Waals surface area (Å²) in [5.74, 6) is -0.0129. The van der Waals surface area contributed by atoms with Gasteiger partial charge in [0.1, 0.15) is 6.54 Å². The van der Waals surface area contributed by atoms with Crippen molar-refractivity contribution in [2.45, 2.75) is 39.5 Å². The van der Waals surface area contributed by atoms with Crippen LogP contribution in [-0.2, 0) is 19.6 Å². The number of amides is 2. The molecule has 3 rings (SSSR count). The third kappa shape index (κ3) is 5.44. The van der Waals surface area contributed by atoms with Gasteiger partial charge in [0, 0.05) is 24.3 Å². The van der Waals surface area contributed by atoms with E-state index >= 15 is 0 Å². The molecule has 0 aliphatic carbocycles. The average Bonchev–Trinajstić information content (AvgIpc) is 3.11. The number of nitrogens with zero attached hydrogens (tertiary/aromatic N) is 2. The minimum absolute atomic E-state index is 0.104. The van der Waals surface area contributed by atoms with Crippen LogP contribution in [0.3, 0.4) is 0 Å². The fourth-order valence-electron chi connectivity index (χ4n) is 3.70. The van der Waals surface area contributed by atoms with Gasteiger partial charge in [-0.15, -0.1) is 0 Å². The Hall–Kier alpha value is -2.87. The first kappa shape index (κ1) is 22.8. The standard InChI is InChI=1S/C23H29N3O4S/c1-16(2)18-7-10-20(11-8-18)26(31(4,29)30)15-22(27)24-19-9-12-21(17(3)14-19)25-13-5-6-23(25)28/h7-12,14,16H,5-6,13,15H2,1-4H3,(H,24,27). The third-order valence-electron chi connectivity index (χ3n) is 5.38. The summed E-state index contributed by atoms with van der Waals surface area (Å²) in [6.45, 7) is 6.37. The maximum Gasteiger partial charge on any atom is 0.245 e. The third-order valence-corrected chi connectivity index (χ3v) is 6.52. The van der Waals surface area contributed by atoms with Crippen LogP contribution in [0.5, 0.6) is 0 Å². The molecule has 166 valence electrons. The normalized spacial score (nSPS) is 14.2. The van der Waals surface area contributed by atoms with Crippen molar-refractivity contribution in [3.8, 4) is 0 Å². The van der Waals surface area contributed by atoms with Gasteiger partial charge in [0.25, 0.3) is 0 Å². The molecular weight excluding hydrogens is 414 g/mol. The van der Waals surface area contributed by atoms with E-state index < -0.39 is 15.9 Å². The van der Waals surface area contributed by atoms with Crippen LogP contribution in [0.4, 0.5) is 17.1 Å². The second-order valence-electron chi connectivity index (χ2n) is 8.21. The van der Waals surface area contributed by atoms with E-state index in [2.05, 4.69) is 19.2 Å². The Morgan fingerprint density at radius 1 is 1.16 bits per heavy atom. The number of carbonyl (C=O) groups excluding carboxylic acids is 2. The lowest BCUT2D eigenvalue weighted by atomic mass is 10.0. The summed E-state index contributed by atoms with van der Waals surface area (Å²) >= 11 is 0. The Balaban J connectivity index is 1.74. The molecule has 1 N–H and O–H groups in total. The second-order valence-corrected chi connectivity index (χ2v) is 10.1. The number of anilines is 3. The summed E-state index contributed by atoms with van der Waals surface area (Å²) in [7, 11) is -3.64. The lowest BCUT2D eigenvalue weighted by Gasteiger charge is -2.23. The van der Waals surface area contributed by atoms with Crippen molar-refractivity contribution in [2.75, 3.05) is 33.9 Å². The van der Waals surface area contributed by atoms with Gasteiger partial charge in [0.05, 0.1) is 11.9 Å². The first-order valence-electron chi connectivity index (χ1n) is 10.3. The number of rotatable bonds is 7. The van der Waals surface area contributed by atoms with Gasteiger partial charge < -0.3 is 10.2 Å². The van der Waals surface area contributed by atoms with Gasteiger partial charge in [-0.25, -0.2) is 8.42 Å². The number of benzene rings is 2. The zero-order valence-electron chi connectivity index (χ0n) is 18.4. The summed E-state index contributed by atoms with van der Waals surface area (Å²) < 4.78 is 25.7. The molecule has 1 heterocycles. The van der Waals surface area contributed by atoms with Crippen LogP contribution < -0.4 is 14.5 Å². The summed E-state index contributed by atoms with van der Waals surface area (Å²) in [5.41, 5.74) is 3.80. The molecule has 0 bridgehead atoms. The Bertz CT molecular complexity index is 1080. The topological polar surface area (TPSA) is 86.8 Å². The number of aryl methyl sites for hydroxylation is 1. The van der Waals surface area contributed by atoms with E-state index in [0.29, 0.717) is 30.3 Å². The molecular formula is C23H29N3O4S. The van der Waals surface area contributed by atoms with E-state index in [1.165, 1.54) is 0 Å². The predicted octanol–water partition coefficient (Wildman–Crippen LogP) is 3.65. The first-order chi connectivity index (χ1) is 14.6. The summed E-state index contributed by atoms with van der Waals surface area (Å²) in [6.07, 6.45) is 2.48. The Morgan fingerprint density at radius 2 is 1.84 bits per heavy atom. The SMILES string of the molecule is Cc1cc(NC(=O)CN(c2ccc(C(C)C)cc2)S(C)(=O)=O)ccc1N1CCCC1=O. The predicted molar refractivity (Wildman–Crippen MR) is 124 cm³/mol. The van der Waals surface area contributed by atoms with Gasteiger partial charge >= 0.3 is 0 Å². The van der Waals surface area contributed by atoms with Crippen molar-refractivity contribution >= 4 is 38.9 Å². The fraction of sp³-hybridized carbons (Fsp3) is 0.391. The highest BCUT2D eigenvalue weighted by molar-refractivity contribution is 7.92. The number of carbonyl (C=O) groups is 2. The number of hydrogen-bond donors (Lipinski definition) is 1. The molecule has 0 radical (unpaired) electrons. The van der Waals surface area contributed by atoms with Crippen molar-refractivity contribution in [3.05, 3.63) is 53.6 Å². The van der Waals surface area contributed by atoms with Gasteiger partial charge in [0.15, 0.2) is 0 Å². The van der Waals surface area contributed by atoms with Crippen molar-refractivity contribution in [3.63, 3.8) is 0 Å². The van der Waals surface area contributed by atoms with E-state index in [1.54, 1.807) is 29.2 Å². The minimum Gasteiger partial charge on any atom is -0.325 e. The molecule has 1 aliphatic heterocycles. The van der Waals surface area contributed by atoms with Gasteiger partial charge in [0.2, 0.25) is 21.8 Å². The van der Waals surface area contributed by atoms with Crippen molar-refractivity contribution in [1.29, 1.82) is 0 Å². The lowest BCUT2D eigenvalue weighted by molar-refractivity contribution is -0.117. The highest BCUT2D eigenvalue weighted by atomic mass is 32.2. The molecule has 0 spiro atoms. The zero-order valence-corrected chi connectivity index (χ0v) is 19.2. The lowest BCUT2D eigenvalue weighted by Crippen LogP contribution is -2.37. The maximum absolute atomic E-state index is 12.6. The van der Waals surface area contributed by atoms with Crippen LogP contribution in [0.25, 0.3) is 0 Å². The second kappa shape index (κ2) is 9.09. The summed E-state index contributed by atoms with van der Waals surface area (Å²) in [4.78, 5) is 26.4. The van der Waals surface area contributed by atoms with Crippen molar-refractivity contribution in [2.24, 2.45) is 0 Å². The smallest absolute Gasteiger partial charge is 0.245 e. The molecule has 1 saturated heterocycles. The monoisotopic (exact) mass is 443 g/mol. The van der Waals surface area contributed by atoms with Crippen LogP contribution in [0.1, 0.15) is 43.7 Å². The van der Waals surface area contributed by atoms with Crippen LogP contribution in [0, 0.1) is 6.92 Å². The molecule has 0 unspecified atom stereocenters. The molecule has 0 aromatic heterocycles. The highest BCUT2D eigenvalue weighted by Gasteiger charge is 2.24. The minimum atomic E-state index is -3.64. The molecule has 1 aliphatic rings. The van der Waals surface area contributed by atoms with Crippen molar-refractivity contribution < 1.29 is 18.0 Å². The highest BCUT2D eigenvalue weighted by Crippen LogP contribution is 2.28. The number of hydrogen-bond acceptors (Lipinski definition) is 4. The fourth-order valence-corrected chi connectivity index (χ4v) is 4.55. The van der Waals surface area contributed by atoms with Crippen LogP contribution in [0.2, 0.25) is 0 Å². The molecule has 1 fully saturated rings. The largest absolute Gasteiger partial charge is 0.325 e. The summed E-state index contributed by atoms with van der Waals surface area (Å²) in [6, 6.07) is 12.5. The quantitative estimate of drug-likeness (QED) is 0.708. The molecule has 8 heteroatoms. The number of sulfonamides is 1. The Labute approximate surface area is 184 Å². The zero-order chi connectivity index (χ0) is 22.8. The van der Waals surface area contributed by atoms with E-state index in [4.69, 9.17) is 0 Å². The molecule has 7 nitrogen and oxygen atoms in total.